The summed E-state index contributed by atoms with van der Waals surface area (Å²) in [6, 6.07) is 77.8. The van der Waals surface area contributed by atoms with Crippen LogP contribution in [0.1, 0.15) is 0 Å². The molecule has 0 N–H and O–H groups in total. The first kappa shape index (κ1) is 32.4. The van der Waals surface area contributed by atoms with Crippen molar-refractivity contribution in [3.05, 3.63) is 212 Å². The first-order valence-electron chi connectivity index (χ1n) is 19.2. The molecule has 1 nitrogen and oxygen atoms in total. The highest BCUT2D eigenvalue weighted by Gasteiger charge is 2.20. The number of benzene rings is 10. The number of hydrogen-bond acceptors (Lipinski definition) is 2. The predicted octanol–water partition coefficient (Wildman–Crippen LogP) is 16.0. The van der Waals surface area contributed by atoms with Gasteiger partial charge in [0.2, 0.25) is 0 Å². The standard InChI is InChI=1S/C54H35NS/c1-2-15-38(16-3-1)53-48-24-8-6-21-45(48)46-22-7-9-25-49(46)54(53)39-18-12-19-41(34-39)55(42-32-33-52-50(35-42)47-23-10-11-27-51(47)56-52)40-30-28-37(29-31-40)44-26-13-17-36-14-4-5-20-43(36)44/h1-35H. The molecular weight excluding hydrogens is 695 g/mol. The highest BCUT2D eigenvalue weighted by molar-refractivity contribution is 7.25. The summed E-state index contributed by atoms with van der Waals surface area (Å²) in [6.07, 6.45) is 0. The fourth-order valence-electron chi connectivity index (χ4n) is 8.71. The van der Waals surface area contributed by atoms with Crippen LogP contribution in [-0.2, 0) is 0 Å². The van der Waals surface area contributed by atoms with Gasteiger partial charge in [0.05, 0.1) is 0 Å². The lowest BCUT2D eigenvalue weighted by Gasteiger charge is -2.27. The van der Waals surface area contributed by atoms with Crippen LogP contribution in [-0.4, -0.2) is 0 Å². The minimum atomic E-state index is 1.11. The third kappa shape index (κ3) is 5.38. The molecule has 1 heterocycles. The lowest BCUT2D eigenvalue weighted by Crippen LogP contribution is -2.10. The van der Waals surface area contributed by atoms with Crippen molar-refractivity contribution in [2.45, 2.75) is 0 Å². The summed E-state index contributed by atoms with van der Waals surface area (Å²) in [5, 5.41) is 10.1. The Hall–Kier alpha value is -7.00. The van der Waals surface area contributed by atoms with Crippen molar-refractivity contribution in [3.63, 3.8) is 0 Å². The second-order valence-corrected chi connectivity index (χ2v) is 15.5. The van der Waals surface area contributed by atoms with Crippen LogP contribution in [0.2, 0.25) is 0 Å². The maximum Gasteiger partial charge on any atom is 0.0468 e. The van der Waals surface area contributed by atoms with E-state index in [2.05, 4.69) is 217 Å². The average Bonchev–Trinajstić information content (AvgIpc) is 3.65. The molecule has 0 spiro atoms. The minimum Gasteiger partial charge on any atom is -0.310 e. The molecule has 0 saturated heterocycles. The number of nitrogens with zero attached hydrogens (tertiary/aromatic N) is 1. The SMILES string of the molecule is c1ccc(-c2c(-c3cccc(N(c4ccc(-c5cccc6ccccc56)cc4)c4ccc5sc6ccccc6c5c4)c3)c3ccccc3c3ccccc23)cc1. The van der Waals surface area contributed by atoms with Gasteiger partial charge in [-0.05, 0) is 114 Å². The Bertz CT molecular complexity index is 3240. The Balaban J connectivity index is 1.14. The van der Waals surface area contributed by atoms with E-state index >= 15 is 0 Å². The molecule has 262 valence electrons. The lowest BCUT2D eigenvalue weighted by molar-refractivity contribution is 1.29. The molecule has 2 heteroatoms. The summed E-state index contributed by atoms with van der Waals surface area (Å²) in [5.74, 6) is 0. The molecule has 10 aromatic carbocycles. The number of fused-ring (bicyclic) bond motifs is 7. The zero-order valence-corrected chi connectivity index (χ0v) is 31.4. The first-order valence-corrected chi connectivity index (χ1v) is 20.0. The van der Waals surface area contributed by atoms with Crippen LogP contribution in [0.3, 0.4) is 0 Å². The molecule has 11 aromatic rings. The number of hydrogen-bond donors (Lipinski definition) is 0. The van der Waals surface area contributed by atoms with E-state index in [1.54, 1.807) is 0 Å². The third-order valence-electron chi connectivity index (χ3n) is 11.2. The smallest absolute Gasteiger partial charge is 0.0468 e. The molecule has 0 amide bonds. The van der Waals surface area contributed by atoms with Gasteiger partial charge in [0.15, 0.2) is 0 Å². The van der Waals surface area contributed by atoms with E-state index in [1.165, 1.54) is 85.9 Å². The van der Waals surface area contributed by atoms with Crippen molar-refractivity contribution in [3.8, 4) is 33.4 Å². The van der Waals surface area contributed by atoms with Gasteiger partial charge in [0.1, 0.15) is 0 Å². The molecule has 0 aliphatic carbocycles. The zero-order chi connectivity index (χ0) is 37.0. The summed E-state index contributed by atoms with van der Waals surface area (Å²) < 4.78 is 2.61. The molecule has 1 aromatic heterocycles. The Morgan fingerprint density at radius 3 is 1.59 bits per heavy atom. The molecule has 0 aliphatic rings. The Kier molecular flexibility index (Phi) is 7.75. The van der Waals surface area contributed by atoms with E-state index < -0.39 is 0 Å². The fraction of sp³-hybridized carbons (Fsp3) is 0. The molecule has 0 bridgehead atoms. The summed E-state index contributed by atoms with van der Waals surface area (Å²) in [5.41, 5.74) is 10.7. The van der Waals surface area contributed by atoms with Gasteiger partial charge in [-0.1, -0.05) is 164 Å². The van der Waals surface area contributed by atoms with Gasteiger partial charge >= 0.3 is 0 Å². The molecule has 0 aliphatic heterocycles. The van der Waals surface area contributed by atoms with Crippen molar-refractivity contribution in [1.29, 1.82) is 0 Å². The normalized spacial score (nSPS) is 11.6. The van der Waals surface area contributed by atoms with Gasteiger partial charge in [-0.3, -0.25) is 0 Å². The van der Waals surface area contributed by atoms with E-state index in [-0.39, 0.29) is 0 Å². The van der Waals surface area contributed by atoms with E-state index in [0.717, 1.165) is 17.1 Å². The highest BCUT2D eigenvalue weighted by atomic mass is 32.1. The van der Waals surface area contributed by atoms with Gasteiger partial charge in [-0.25, -0.2) is 0 Å². The van der Waals surface area contributed by atoms with Gasteiger partial charge in [-0.15, -0.1) is 11.3 Å². The second kappa shape index (κ2) is 13.4. The Morgan fingerprint density at radius 1 is 0.286 bits per heavy atom. The number of thiophene rings is 1. The second-order valence-electron chi connectivity index (χ2n) is 14.4. The maximum atomic E-state index is 2.42. The molecule has 11 rings (SSSR count). The largest absolute Gasteiger partial charge is 0.310 e. The van der Waals surface area contributed by atoms with E-state index in [9.17, 15) is 0 Å². The number of rotatable bonds is 6. The third-order valence-corrected chi connectivity index (χ3v) is 12.4. The van der Waals surface area contributed by atoms with Crippen LogP contribution in [0.15, 0.2) is 212 Å². The molecular formula is C54H35NS. The summed E-state index contributed by atoms with van der Waals surface area (Å²) in [7, 11) is 0. The van der Waals surface area contributed by atoms with Crippen molar-refractivity contribution < 1.29 is 0 Å². The van der Waals surface area contributed by atoms with E-state index in [1.807, 2.05) is 11.3 Å². The monoisotopic (exact) mass is 729 g/mol. The van der Waals surface area contributed by atoms with Crippen LogP contribution in [0.5, 0.6) is 0 Å². The topological polar surface area (TPSA) is 3.24 Å². The highest BCUT2D eigenvalue weighted by Crippen LogP contribution is 2.47. The first-order chi connectivity index (χ1) is 27.8. The van der Waals surface area contributed by atoms with E-state index in [4.69, 9.17) is 0 Å². The van der Waals surface area contributed by atoms with Crippen molar-refractivity contribution >= 4 is 80.9 Å². The van der Waals surface area contributed by atoms with Crippen molar-refractivity contribution in [2.75, 3.05) is 4.90 Å². The molecule has 0 saturated carbocycles. The van der Waals surface area contributed by atoms with Crippen LogP contribution in [0.4, 0.5) is 17.1 Å². The van der Waals surface area contributed by atoms with Crippen molar-refractivity contribution in [2.24, 2.45) is 0 Å². The molecule has 0 unspecified atom stereocenters. The van der Waals surface area contributed by atoms with Crippen LogP contribution in [0.25, 0.3) is 85.9 Å². The van der Waals surface area contributed by atoms with Gasteiger partial charge < -0.3 is 4.90 Å². The zero-order valence-electron chi connectivity index (χ0n) is 30.6. The van der Waals surface area contributed by atoms with Gasteiger partial charge in [0, 0.05) is 37.2 Å². The van der Waals surface area contributed by atoms with Crippen LogP contribution < -0.4 is 4.90 Å². The van der Waals surface area contributed by atoms with Gasteiger partial charge in [0.25, 0.3) is 0 Å². The molecule has 0 fully saturated rings. The number of anilines is 3. The lowest BCUT2D eigenvalue weighted by atomic mass is 9.85. The quantitative estimate of drug-likeness (QED) is 0.154. The van der Waals surface area contributed by atoms with E-state index in [0.29, 0.717) is 0 Å². The molecule has 0 atom stereocenters. The Morgan fingerprint density at radius 2 is 0.821 bits per heavy atom. The Labute approximate surface area is 330 Å². The summed E-state index contributed by atoms with van der Waals surface area (Å²) in [6.45, 7) is 0. The summed E-state index contributed by atoms with van der Waals surface area (Å²) in [4.78, 5) is 2.42. The fourth-order valence-corrected chi connectivity index (χ4v) is 9.80. The summed E-state index contributed by atoms with van der Waals surface area (Å²) >= 11 is 1.86. The maximum absolute atomic E-state index is 2.42. The van der Waals surface area contributed by atoms with Crippen molar-refractivity contribution in [1.82, 2.24) is 0 Å². The van der Waals surface area contributed by atoms with Gasteiger partial charge in [-0.2, -0.15) is 0 Å². The average molecular weight is 730 g/mol. The molecule has 56 heavy (non-hydrogen) atoms. The van der Waals surface area contributed by atoms with Crippen LogP contribution >= 0.6 is 11.3 Å². The minimum absolute atomic E-state index is 1.11. The molecule has 0 radical (unpaired) electrons. The predicted molar refractivity (Wildman–Crippen MR) is 243 cm³/mol. The van der Waals surface area contributed by atoms with Crippen LogP contribution in [0, 0.1) is 0 Å².